The van der Waals surface area contributed by atoms with Crippen molar-refractivity contribution in [2.45, 2.75) is 58.7 Å². The summed E-state index contributed by atoms with van der Waals surface area (Å²) in [6.45, 7) is 3.70. The highest BCUT2D eigenvalue weighted by Crippen LogP contribution is 2.25. The molecule has 1 aliphatic rings. The number of halogens is 2. The fourth-order valence-corrected chi connectivity index (χ4v) is 4.25. The normalized spacial score (nSPS) is 17.9. The Morgan fingerprint density at radius 2 is 1.91 bits per heavy atom. The third-order valence-electron chi connectivity index (χ3n) is 5.88. The van der Waals surface area contributed by atoms with Crippen molar-refractivity contribution in [1.29, 1.82) is 0 Å². The maximum Gasteiger partial charge on any atom is 0.294 e. The largest absolute Gasteiger partial charge is 0.393 e. The molecule has 0 radical (unpaired) electrons. The van der Waals surface area contributed by atoms with Crippen LogP contribution in [-0.2, 0) is 11.3 Å². The fourth-order valence-electron chi connectivity index (χ4n) is 4.25. The number of amides is 2. The highest BCUT2D eigenvalue weighted by atomic mass is 19.1. The van der Waals surface area contributed by atoms with Crippen molar-refractivity contribution >= 4 is 23.3 Å². The summed E-state index contributed by atoms with van der Waals surface area (Å²) in [5.41, 5.74) is 1.46. The van der Waals surface area contributed by atoms with Crippen LogP contribution in [0.15, 0.2) is 18.2 Å². The van der Waals surface area contributed by atoms with Crippen LogP contribution in [0.25, 0.3) is 0 Å². The molecule has 0 aliphatic heterocycles. The fraction of sp³-hybridized carbons (Fsp3) is 0.435. The summed E-state index contributed by atoms with van der Waals surface area (Å²) in [7, 11) is 0. The van der Waals surface area contributed by atoms with E-state index in [0.29, 0.717) is 36.2 Å². The van der Waals surface area contributed by atoms with Crippen LogP contribution in [-0.4, -0.2) is 46.1 Å². The molecule has 3 rings (SSSR count). The lowest BCUT2D eigenvalue weighted by Gasteiger charge is -2.13. The minimum absolute atomic E-state index is 0.0448. The molecular weight excluding hydrogens is 420 g/mol. The lowest BCUT2D eigenvalue weighted by Crippen LogP contribution is -2.39. The van der Waals surface area contributed by atoms with Gasteiger partial charge in [0.15, 0.2) is 0 Å². The number of carbonyl (C=O) groups excluding carboxylic acids is 3. The van der Waals surface area contributed by atoms with Crippen LogP contribution in [0.3, 0.4) is 0 Å². The first-order chi connectivity index (χ1) is 15.1. The van der Waals surface area contributed by atoms with Crippen molar-refractivity contribution < 1.29 is 28.3 Å². The molecule has 9 heteroatoms. The Balaban J connectivity index is 1.90. The monoisotopic (exact) mass is 447 g/mol. The maximum absolute atomic E-state index is 13.5. The smallest absolute Gasteiger partial charge is 0.294 e. The van der Waals surface area contributed by atoms with E-state index in [0.717, 1.165) is 0 Å². The number of benzene rings is 1. The van der Waals surface area contributed by atoms with Crippen molar-refractivity contribution in [3.63, 3.8) is 0 Å². The molecule has 32 heavy (non-hydrogen) atoms. The van der Waals surface area contributed by atoms with E-state index in [9.17, 15) is 28.3 Å². The van der Waals surface area contributed by atoms with Crippen molar-refractivity contribution in [1.82, 2.24) is 9.88 Å². The van der Waals surface area contributed by atoms with E-state index >= 15 is 0 Å². The highest BCUT2D eigenvalue weighted by molar-refractivity contribution is 6.43. The standard InChI is InChI=1S/C23H27F2N3O4/c1-12-10-15(5-7-18(12)25)26-22(31)19-13(2)20(28(9-8-24)14(19)3)21(30)23(32)27-16-4-6-17(29)11-16/h5,7,10,16-17,29H,4,6,8-9,11H2,1-3H3,(H,26,31)(H,27,32)/t16-,17-/m0/s1. The molecule has 1 aromatic carbocycles. The van der Waals surface area contributed by atoms with Gasteiger partial charge in [0, 0.05) is 17.4 Å². The van der Waals surface area contributed by atoms with Gasteiger partial charge in [0.25, 0.3) is 17.6 Å². The van der Waals surface area contributed by atoms with Crippen LogP contribution in [0.2, 0.25) is 0 Å². The third-order valence-corrected chi connectivity index (χ3v) is 5.88. The molecule has 1 aliphatic carbocycles. The zero-order chi connectivity index (χ0) is 23.6. The molecule has 0 bridgehead atoms. The van der Waals surface area contributed by atoms with E-state index in [1.165, 1.54) is 29.7 Å². The number of nitrogens with one attached hydrogen (secondary N) is 2. The number of ketones is 1. The molecule has 3 N–H and O–H groups in total. The van der Waals surface area contributed by atoms with Gasteiger partial charge in [-0.05, 0) is 69.4 Å². The number of carbonyl (C=O) groups is 3. The van der Waals surface area contributed by atoms with E-state index in [4.69, 9.17) is 0 Å². The van der Waals surface area contributed by atoms with Gasteiger partial charge in [-0.25, -0.2) is 8.78 Å². The predicted molar refractivity (Wildman–Crippen MR) is 115 cm³/mol. The summed E-state index contributed by atoms with van der Waals surface area (Å²) in [5, 5.41) is 14.9. The number of alkyl halides is 1. The number of aliphatic hydroxyl groups is 1. The molecule has 2 amide bonds. The van der Waals surface area contributed by atoms with Gasteiger partial charge in [0.1, 0.15) is 12.5 Å². The Hall–Kier alpha value is -3.07. The Morgan fingerprint density at radius 3 is 2.50 bits per heavy atom. The van der Waals surface area contributed by atoms with Crippen LogP contribution < -0.4 is 10.6 Å². The van der Waals surface area contributed by atoms with Gasteiger partial charge in [0.05, 0.1) is 23.9 Å². The SMILES string of the molecule is Cc1cc(NC(=O)c2c(C)c(C(=O)C(=O)N[C@H]3CC[C@H](O)C3)n(CCF)c2C)ccc1F. The lowest BCUT2D eigenvalue weighted by atomic mass is 10.1. The summed E-state index contributed by atoms with van der Waals surface area (Å²) >= 11 is 0. The maximum atomic E-state index is 13.5. The van der Waals surface area contributed by atoms with Gasteiger partial charge in [-0.1, -0.05) is 0 Å². The van der Waals surface area contributed by atoms with Gasteiger partial charge >= 0.3 is 0 Å². The molecule has 1 fully saturated rings. The molecule has 0 saturated heterocycles. The zero-order valence-corrected chi connectivity index (χ0v) is 18.3. The first-order valence-corrected chi connectivity index (χ1v) is 10.5. The molecule has 7 nitrogen and oxygen atoms in total. The molecule has 0 spiro atoms. The molecule has 2 atom stereocenters. The van der Waals surface area contributed by atoms with Crippen molar-refractivity contribution in [3.8, 4) is 0 Å². The number of hydrogen-bond acceptors (Lipinski definition) is 4. The molecule has 2 aromatic rings. The zero-order valence-electron chi connectivity index (χ0n) is 18.3. The Kier molecular flexibility index (Phi) is 7.08. The second-order valence-corrected chi connectivity index (χ2v) is 8.16. The van der Waals surface area contributed by atoms with Crippen LogP contribution >= 0.6 is 0 Å². The second kappa shape index (κ2) is 9.60. The number of aryl methyl sites for hydroxylation is 1. The van der Waals surface area contributed by atoms with Crippen LogP contribution in [0, 0.1) is 26.6 Å². The average molecular weight is 447 g/mol. The topological polar surface area (TPSA) is 100 Å². The first-order valence-electron chi connectivity index (χ1n) is 10.5. The molecule has 172 valence electrons. The molecule has 0 unspecified atom stereocenters. The van der Waals surface area contributed by atoms with Crippen molar-refractivity contribution in [3.05, 3.63) is 52.1 Å². The number of rotatable bonds is 7. The molecular formula is C23H27F2N3O4. The van der Waals surface area contributed by atoms with Crippen molar-refractivity contribution in [2.24, 2.45) is 0 Å². The highest BCUT2D eigenvalue weighted by Gasteiger charge is 2.32. The number of aliphatic hydroxyl groups excluding tert-OH is 1. The Morgan fingerprint density at radius 1 is 1.19 bits per heavy atom. The third kappa shape index (κ3) is 4.72. The molecule has 1 aromatic heterocycles. The van der Waals surface area contributed by atoms with E-state index in [2.05, 4.69) is 10.6 Å². The summed E-state index contributed by atoms with van der Waals surface area (Å²) in [6.07, 6.45) is 0.963. The summed E-state index contributed by atoms with van der Waals surface area (Å²) < 4.78 is 28.1. The quantitative estimate of drug-likeness (QED) is 0.449. The van der Waals surface area contributed by atoms with Gasteiger partial charge in [-0.2, -0.15) is 0 Å². The Bertz CT molecular complexity index is 1060. The lowest BCUT2D eigenvalue weighted by molar-refractivity contribution is -0.117. The number of anilines is 1. The summed E-state index contributed by atoms with van der Waals surface area (Å²) in [5.74, 6) is -2.67. The van der Waals surface area contributed by atoms with E-state index < -0.39 is 36.2 Å². The number of aromatic nitrogens is 1. The van der Waals surface area contributed by atoms with E-state index in [1.807, 2.05) is 0 Å². The number of nitrogens with zero attached hydrogens (tertiary/aromatic N) is 1. The number of Topliss-reactive ketones (excluding diaryl/α,β-unsaturated/α-hetero) is 1. The van der Waals surface area contributed by atoms with Crippen molar-refractivity contribution in [2.75, 3.05) is 12.0 Å². The minimum atomic E-state index is -0.864. The Labute approximate surface area is 184 Å². The van der Waals surface area contributed by atoms with Gasteiger partial charge in [-0.15, -0.1) is 0 Å². The first kappa shape index (κ1) is 23.6. The molecule has 1 saturated carbocycles. The van der Waals surface area contributed by atoms with E-state index in [-0.39, 0.29) is 29.4 Å². The van der Waals surface area contributed by atoms with Crippen LogP contribution in [0.4, 0.5) is 14.5 Å². The number of hydrogen-bond donors (Lipinski definition) is 3. The van der Waals surface area contributed by atoms with Gasteiger partial charge < -0.3 is 20.3 Å². The van der Waals surface area contributed by atoms with Gasteiger partial charge in [-0.3, -0.25) is 14.4 Å². The second-order valence-electron chi connectivity index (χ2n) is 8.16. The predicted octanol–water partition coefficient (Wildman–Crippen LogP) is 2.99. The van der Waals surface area contributed by atoms with Crippen LogP contribution in [0.1, 0.15) is 56.9 Å². The minimum Gasteiger partial charge on any atom is -0.393 e. The molecule has 1 heterocycles. The summed E-state index contributed by atoms with van der Waals surface area (Å²) in [4.78, 5) is 38.5. The van der Waals surface area contributed by atoms with Gasteiger partial charge in [0.2, 0.25) is 0 Å². The van der Waals surface area contributed by atoms with Crippen LogP contribution in [0.5, 0.6) is 0 Å². The summed E-state index contributed by atoms with van der Waals surface area (Å²) in [6, 6.07) is 3.82. The van der Waals surface area contributed by atoms with E-state index in [1.54, 1.807) is 13.8 Å². The average Bonchev–Trinajstić information content (AvgIpc) is 3.24.